The van der Waals surface area contributed by atoms with Crippen LogP contribution in [0.5, 0.6) is 0 Å². The predicted octanol–water partition coefficient (Wildman–Crippen LogP) is 2.61. The van der Waals surface area contributed by atoms with E-state index in [1.807, 2.05) is 0 Å². The Bertz CT molecular complexity index is 751. The van der Waals surface area contributed by atoms with Crippen molar-refractivity contribution in [2.75, 3.05) is 13.1 Å². The summed E-state index contributed by atoms with van der Waals surface area (Å²) in [4.78, 5) is 26.4. The molecule has 0 spiro atoms. The summed E-state index contributed by atoms with van der Waals surface area (Å²) in [6.07, 6.45) is 3.13. The van der Waals surface area contributed by atoms with E-state index < -0.39 is 11.9 Å². The number of amides is 2. The zero-order valence-electron chi connectivity index (χ0n) is 14.0. The molecule has 0 bridgehead atoms. The summed E-state index contributed by atoms with van der Waals surface area (Å²) in [5.74, 6) is -0.559. The van der Waals surface area contributed by atoms with Gasteiger partial charge in [0.05, 0.1) is 0 Å². The third-order valence-electron chi connectivity index (χ3n) is 4.26. The Labute approximate surface area is 145 Å². The molecule has 25 heavy (non-hydrogen) atoms. The fourth-order valence-corrected chi connectivity index (χ4v) is 2.85. The number of rotatable bonds is 4. The highest BCUT2D eigenvalue weighted by molar-refractivity contribution is 5.96. The van der Waals surface area contributed by atoms with E-state index in [1.54, 1.807) is 24.0 Å². The summed E-state index contributed by atoms with van der Waals surface area (Å²) in [6, 6.07) is 6.53. The molecule has 1 unspecified atom stereocenters. The number of hydrogen-bond acceptors (Lipinski definition) is 4. The van der Waals surface area contributed by atoms with Crippen LogP contribution in [0.15, 0.2) is 34.9 Å². The highest BCUT2D eigenvalue weighted by Crippen LogP contribution is 2.20. The van der Waals surface area contributed by atoms with Gasteiger partial charge in [-0.25, -0.2) is 4.39 Å². The standard InChI is InChI=1S/C18H20FN3O3/c1-12(18(24)22-9-3-2-4-10-22)20-17(23)15-11-16(25-21-15)13-5-7-14(19)8-6-13/h5-8,11-12H,2-4,9-10H2,1H3,(H,20,23). The van der Waals surface area contributed by atoms with Crippen LogP contribution >= 0.6 is 0 Å². The first-order valence-corrected chi connectivity index (χ1v) is 8.37. The van der Waals surface area contributed by atoms with Crippen molar-refractivity contribution in [1.82, 2.24) is 15.4 Å². The third kappa shape index (κ3) is 4.04. The number of hydrogen-bond donors (Lipinski definition) is 1. The Morgan fingerprint density at radius 1 is 1.20 bits per heavy atom. The van der Waals surface area contributed by atoms with Crippen LogP contribution in [-0.2, 0) is 4.79 Å². The molecule has 1 N–H and O–H groups in total. The van der Waals surface area contributed by atoms with Crippen molar-refractivity contribution in [3.8, 4) is 11.3 Å². The minimum atomic E-state index is -0.628. The molecule has 7 heteroatoms. The Morgan fingerprint density at radius 3 is 2.56 bits per heavy atom. The van der Waals surface area contributed by atoms with Crippen LogP contribution in [0.25, 0.3) is 11.3 Å². The quantitative estimate of drug-likeness (QED) is 0.924. The van der Waals surface area contributed by atoms with E-state index >= 15 is 0 Å². The summed E-state index contributed by atoms with van der Waals surface area (Å²) in [7, 11) is 0. The highest BCUT2D eigenvalue weighted by Gasteiger charge is 2.24. The first kappa shape index (κ1) is 17.1. The van der Waals surface area contributed by atoms with E-state index in [9.17, 15) is 14.0 Å². The van der Waals surface area contributed by atoms with Gasteiger partial charge < -0.3 is 14.7 Å². The molecule has 2 amide bonds. The van der Waals surface area contributed by atoms with Crippen LogP contribution in [0.2, 0.25) is 0 Å². The zero-order chi connectivity index (χ0) is 17.8. The maximum absolute atomic E-state index is 13.0. The lowest BCUT2D eigenvalue weighted by Crippen LogP contribution is -2.48. The number of carbonyl (C=O) groups excluding carboxylic acids is 2. The molecule has 0 aliphatic carbocycles. The van der Waals surface area contributed by atoms with Crippen molar-refractivity contribution in [2.24, 2.45) is 0 Å². The van der Waals surface area contributed by atoms with E-state index in [0.717, 1.165) is 32.4 Å². The summed E-state index contributed by atoms with van der Waals surface area (Å²) in [6.45, 7) is 3.13. The van der Waals surface area contributed by atoms with Crippen LogP contribution in [0.3, 0.4) is 0 Å². The molecule has 2 aromatic rings. The number of likely N-dealkylation sites (tertiary alicyclic amines) is 1. The minimum absolute atomic E-state index is 0.0811. The molecule has 1 aliphatic heterocycles. The Hall–Kier alpha value is -2.70. The fourth-order valence-electron chi connectivity index (χ4n) is 2.85. The average molecular weight is 345 g/mol. The number of nitrogens with zero attached hydrogens (tertiary/aromatic N) is 2. The summed E-state index contributed by atoms with van der Waals surface area (Å²) in [5, 5.41) is 6.39. The summed E-state index contributed by atoms with van der Waals surface area (Å²) >= 11 is 0. The van der Waals surface area contributed by atoms with Gasteiger partial charge in [-0.15, -0.1) is 0 Å². The summed E-state index contributed by atoms with van der Waals surface area (Å²) in [5.41, 5.74) is 0.697. The average Bonchev–Trinajstić information content (AvgIpc) is 3.12. The fraction of sp³-hybridized carbons (Fsp3) is 0.389. The number of aromatic nitrogens is 1. The maximum atomic E-state index is 13.0. The molecule has 1 aliphatic rings. The highest BCUT2D eigenvalue weighted by atomic mass is 19.1. The van der Waals surface area contributed by atoms with Crippen LogP contribution in [0, 0.1) is 5.82 Å². The van der Waals surface area contributed by atoms with E-state index in [4.69, 9.17) is 4.52 Å². The molecule has 1 fully saturated rings. The first-order valence-electron chi connectivity index (χ1n) is 8.37. The van der Waals surface area contributed by atoms with Gasteiger partial charge >= 0.3 is 0 Å². The van der Waals surface area contributed by atoms with E-state index in [2.05, 4.69) is 10.5 Å². The van der Waals surface area contributed by atoms with Gasteiger partial charge in [0.1, 0.15) is 11.9 Å². The van der Waals surface area contributed by atoms with Gasteiger partial charge in [-0.2, -0.15) is 0 Å². The van der Waals surface area contributed by atoms with E-state index in [-0.39, 0.29) is 17.4 Å². The summed E-state index contributed by atoms with van der Waals surface area (Å²) < 4.78 is 18.1. The van der Waals surface area contributed by atoms with Gasteiger partial charge in [0.25, 0.3) is 5.91 Å². The topological polar surface area (TPSA) is 75.4 Å². The Kier molecular flexibility index (Phi) is 5.11. The molecular formula is C18H20FN3O3. The van der Waals surface area contributed by atoms with Crippen molar-refractivity contribution in [2.45, 2.75) is 32.2 Å². The second kappa shape index (κ2) is 7.46. The largest absolute Gasteiger partial charge is 0.355 e. The van der Waals surface area contributed by atoms with E-state index in [0.29, 0.717) is 11.3 Å². The molecule has 1 atom stereocenters. The number of piperidine rings is 1. The SMILES string of the molecule is CC(NC(=O)c1cc(-c2ccc(F)cc2)on1)C(=O)N1CCCCC1. The molecule has 1 aromatic carbocycles. The van der Waals surface area contributed by atoms with Crippen LogP contribution in [-0.4, -0.2) is 41.0 Å². The third-order valence-corrected chi connectivity index (χ3v) is 4.26. The Morgan fingerprint density at radius 2 is 1.88 bits per heavy atom. The minimum Gasteiger partial charge on any atom is -0.355 e. The van der Waals surface area contributed by atoms with Gasteiger partial charge in [0.2, 0.25) is 5.91 Å². The second-order valence-electron chi connectivity index (χ2n) is 6.16. The van der Waals surface area contributed by atoms with Crippen molar-refractivity contribution >= 4 is 11.8 Å². The van der Waals surface area contributed by atoms with Gasteiger partial charge in [-0.1, -0.05) is 5.16 Å². The number of halogens is 1. The lowest BCUT2D eigenvalue weighted by atomic mass is 10.1. The van der Waals surface area contributed by atoms with Crippen LogP contribution < -0.4 is 5.32 Å². The van der Waals surface area contributed by atoms with Crippen molar-refractivity contribution in [3.63, 3.8) is 0 Å². The molecule has 0 saturated carbocycles. The van der Waals surface area contributed by atoms with Crippen molar-refractivity contribution < 1.29 is 18.5 Å². The van der Waals surface area contributed by atoms with E-state index in [1.165, 1.54) is 18.2 Å². The normalized spacial score (nSPS) is 15.7. The number of benzene rings is 1. The molecule has 132 valence electrons. The molecule has 3 rings (SSSR count). The van der Waals surface area contributed by atoms with Gasteiger partial charge in [-0.05, 0) is 50.5 Å². The lowest BCUT2D eigenvalue weighted by molar-refractivity contribution is -0.133. The second-order valence-corrected chi connectivity index (χ2v) is 6.16. The zero-order valence-corrected chi connectivity index (χ0v) is 14.0. The molecule has 1 saturated heterocycles. The Balaban J connectivity index is 1.63. The molecule has 2 heterocycles. The smallest absolute Gasteiger partial charge is 0.274 e. The molecule has 1 aromatic heterocycles. The number of carbonyl (C=O) groups is 2. The van der Waals surface area contributed by atoms with Crippen LogP contribution in [0.1, 0.15) is 36.7 Å². The maximum Gasteiger partial charge on any atom is 0.274 e. The van der Waals surface area contributed by atoms with Gasteiger partial charge in [0.15, 0.2) is 11.5 Å². The molecular weight excluding hydrogens is 325 g/mol. The van der Waals surface area contributed by atoms with Gasteiger partial charge in [-0.3, -0.25) is 9.59 Å². The lowest BCUT2D eigenvalue weighted by Gasteiger charge is -2.29. The first-order chi connectivity index (χ1) is 12.0. The predicted molar refractivity (Wildman–Crippen MR) is 89.3 cm³/mol. The number of nitrogens with one attached hydrogen (secondary N) is 1. The van der Waals surface area contributed by atoms with Crippen LogP contribution in [0.4, 0.5) is 4.39 Å². The van der Waals surface area contributed by atoms with Crippen molar-refractivity contribution in [1.29, 1.82) is 0 Å². The molecule has 0 radical (unpaired) electrons. The monoisotopic (exact) mass is 345 g/mol. The van der Waals surface area contributed by atoms with Crippen molar-refractivity contribution in [3.05, 3.63) is 41.8 Å². The van der Waals surface area contributed by atoms with Gasteiger partial charge in [0, 0.05) is 24.7 Å². The molecule has 6 nitrogen and oxygen atoms in total.